The average Bonchev–Trinajstić information content (AvgIpc) is 3.39. The molecule has 0 aliphatic heterocycles. The van der Waals surface area contributed by atoms with Crippen molar-refractivity contribution in [3.05, 3.63) is 94.0 Å². The molecule has 0 unspecified atom stereocenters. The fourth-order valence-electron chi connectivity index (χ4n) is 3.70. The van der Waals surface area contributed by atoms with Crippen molar-refractivity contribution < 1.29 is 4.92 Å². The van der Waals surface area contributed by atoms with Crippen LogP contribution in [0.1, 0.15) is 5.56 Å². The monoisotopic (exact) mass is 459 g/mol. The second-order valence-corrected chi connectivity index (χ2v) is 7.94. The Hall–Kier alpha value is -4.24. The Bertz CT molecular complexity index is 1470. The first-order chi connectivity index (χ1) is 16.0. The predicted octanol–water partition coefficient (Wildman–Crippen LogP) is 5.19. The molecule has 0 atom stereocenters. The maximum atomic E-state index is 10.8. The number of halogens is 1. The van der Waals surface area contributed by atoms with Gasteiger partial charge in [0.15, 0.2) is 0 Å². The zero-order valence-electron chi connectivity index (χ0n) is 17.5. The number of nitro groups is 1. The van der Waals surface area contributed by atoms with Gasteiger partial charge in [-0.1, -0.05) is 41.9 Å². The van der Waals surface area contributed by atoms with Gasteiger partial charge in [-0.3, -0.25) is 14.8 Å². The van der Waals surface area contributed by atoms with E-state index >= 15 is 0 Å². The van der Waals surface area contributed by atoms with E-state index in [9.17, 15) is 10.1 Å². The standard InChI is InChI=1S/C23H18ClN7O2/c1-29-14-19(18-4-2-3-5-21(18)29)22-20(24)11-25-23(28-22)27-16-10-26-30(13-16)12-15-6-8-17(9-7-15)31(32)33/h2-11,13-14H,12H2,1H3,(H,25,27,28). The Morgan fingerprint density at radius 2 is 1.88 bits per heavy atom. The molecule has 3 aromatic heterocycles. The highest BCUT2D eigenvalue weighted by atomic mass is 35.5. The number of nitrogens with one attached hydrogen (secondary N) is 1. The van der Waals surface area contributed by atoms with Gasteiger partial charge in [-0.05, 0) is 11.6 Å². The first-order valence-corrected chi connectivity index (χ1v) is 10.5. The van der Waals surface area contributed by atoms with Gasteiger partial charge in [0.1, 0.15) is 0 Å². The second kappa shape index (κ2) is 8.36. The first kappa shape index (κ1) is 20.7. The van der Waals surface area contributed by atoms with Gasteiger partial charge in [0.2, 0.25) is 5.95 Å². The molecule has 3 heterocycles. The Kier molecular flexibility index (Phi) is 5.23. The molecule has 10 heteroatoms. The number of benzene rings is 2. The molecule has 0 saturated carbocycles. The van der Waals surface area contributed by atoms with Gasteiger partial charge < -0.3 is 9.88 Å². The van der Waals surface area contributed by atoms with E-state index in [1.165, 1.54) is 12.1 Å². The largest absolute Gasteiger partial charge is 0.350 e. The minimum absolute atomic E-state index is 0.0588. The quantitative estimate of drug-likeness (QED) is 0.277. The molecule has 5 rings (SSSR count). The van der Waals surface area contributed by atoms with E-state index in [2.05, 4.69) is 20.4 Å². The van der Waals surface area contributed by atoms with Gasteiger partial charge in [0, 0.05) is 48.0 Å². The van der Waals surface area contributed by atoms with Crippen molar-refractivity contribution in [2.45, 2.75) is 6.54 Å². The molecule has 0 aliphatic rings. The van der Waals surface area contributed by atoms with E-state index in [4.69, 9.17) is 11.6 Å². The van der Waals surface area contributed by atoms with Crippen LogP contribution >= 0.6 is 11.6 Å². The summed E-state index contributed by atoms with van der Waals surface area (Å²) in [5.41, 5.74) is 4.33. The number of para-hydroxylation sites is 1. The third kappa shape index (κ3) is 4.13. The summed E-state index contributed by atoms with van der Waals surface area (Å²) in [7, 11) is 1.99. The molecule has 1 N–H and O–H groups in total. The van der Waals surface area contributed by atoms with Crippen LogP contribution in [0.15, 0.2) is 73.3 Å². The lowest BCUT2D eigenvalue weighted by Crippen LogP contribution is -2.00. The predicted molar refractivity (Wildman–Crippen MR) is 127 cm³/mol. The Morgan fingerprint density at radius 3 is 2.67 bits per heavy atom. The number of aromatic nitrogens is 5. The van der Waals surface area contributed by atoms with Gasteiger partial charge in [0.05, 0.1) is 40.3 Å². The number of fused-ring (bicyclic) bond motifs is 1. The summed E-state index contributed by atoms with van der Waals surface area (Å²) in [5.74, 6) is 0.400. The van der Waals surface area contributed by atoms with Crippen LogP contribution in [-0.2, 0) is 13.6 Å². The van der Waals surface area contributed by atoms with Crippen LogP contribution in [0.4, 0.5) is 17.3 Å². The summed E-state index contributed by atoms with van der Waals surface area (Å²) in [6.07, 6.45) is 7.07. The van der Waals surface area contributed by atoms with Crippen molar-refractivity contribution in [1.29, 1.82) is 0 Å². The van der Waals surface area contributed by atoms with E-state index in [1.807, 2.05) is 48.3 Å². The smallest absolute Gasteiger partial charge is 0.269 e. The van der Waals surface area contributed by atoms with Crippen molar-refractivity contribution in [2.24, 2.45) is 7.05 Å². The Morgan fingerprint density at radius 1 is 1.09 bits per heavy atom. The van der Waals surface area contributed by atoms with Gasteiger partial charge in [-0.2, -0.15) is 5.10 Å². The van der Waals surface area contributed by atoms with Crippen LogP contribution in [0.25, 0.3) is 22.2 Å². The van der Waals surface area contributed by atoms with Crippen molar-refractivity contribution in [1.82, 2.24) is 24.3 Å². The minimum Gasteiger partial charge on any atom is -0.350 e. The summed E-state index contributed by atoms with van der Waals surface area (Å²) in [6, 6.07) is 14.5. The second-order valence-electron chi connectivity index (χ2n) is 7.54. The number of nitrogens with zero attached hydrogens (tertiary/aromatic N) is 6. The van der Waals surface area contributed by atoms with Crippen molar-refractivity contribution in [3.63, 3.8) is 0 Å². The van der Waals surface area contributed by atoms with Crippen LogP contribution < -0.4 is 5.32 Å². The third-order valence-electron chi connectivity index (χ3n) is 5.28. The number of aryl methyl sites for hydroxylation is 1. The van der Waals surface area contributed by atoms with Crippen molar-refractivity contribution in [2.75, 3.05) is 5.32 Å². The van der Waals surface area contributed by atoms with E-state index in [0.29, 0.717) is 28.9 Å². The molecule has 164 valence electrons. The van der Waals surface area contributed by atoms with Crippen LogP contribution in [0, 0.1) is 10.1 Å². The van der Waals surface area contributed by atoms with Crippen molar-refractivity contribution in [3.8, 4) is 11.3 Å². The zero-order chi connectivity index (χ0) is 22.9. The van der Waals surface area contributed by atoms with Crippen LogP contribution in [0.5, 0.6) is 0 Å². The number of nitro benzene ring substituents is 1. The molecule has 2 aromatic carbocycles. The van der Waals surface area contributed by atoms with Gasteiger partial charge in [-0.25, -0.2) is 9.97 Å². The number of hydrogen-bond acceptors (Lipinski definition) is 6. The van der Waals surface area contributed by atoms with E-state index < -0.39 is 4.92 Å². The maximum Gasteiger partial charge on any atom is 0.269 e. The summed E-state index contributed by atoms with van der Waals surface area (Å²) < 4.78 is 3.77. The topological polar surface area (TPSA) is 104 Å². The highest BCUT2D eigenvalue weighted by molar-refractivity contribution is 6.33. The summed E-state index contributed by atoms with van der Waals surface area (Å²) in [6.45, 7) is 0.475. The molecule has 5 aromatic rings. The summed E-state index contributed by atoms with van der Waals surface area (Å²) >= 11 is 6.45. The number of hydrogen-bond donors (Lipinski definition) is 1. The van der Waals surface area contributed by atoms with E-state index in [-0.39, 0.29) is 5.69 Å². The number of non-ortho nitro benzene ring substituents is 1. The molecule has 0 saturated heterocycles. The molecule has 0 spiro atoms. The van der Waals surface area contributed by atoms with Gasteiger partial charge in [0.25, 0.3) is 5.69 Å². The van der Waals surface area contributed by atoms with E-state index in [0.717, 1.165) is 22.0 Å². The molecular formula is C23H18ClN7O2. The number of rotatable bonds is 6. The van der Waals surface area contributed by atoms with Crippen molar-refractivity contribution >= 4 is 39.8 Å². The normalized spacial score (nSPS) is 11.1. The van der Waals surface area contributed by atoms with Crippen LogP contribution in [0.3, 0.4) is 0 Å². The lowest BCUT2D eigenvalue weighted by molar-refractivity contribution is -0.384. The molecule has 0 bridgehead atoms. The minimum atomic E-state index is -0.418. The fraction of sp³-hybridized carbons (Fsp3) is 0.0870. The average molecular weight is 460 g/mol. The molecule has 0 fully saturated rings. The van der Waals surface area contributed by atoms with Crippen LogP contribution in [-0.4, -0.2) is 29.2 Å². The molecular weight excluding hydrogens is 442 g/mol. The fourth-order valence-corrected chi connectivity index (χ4v) is 3.89. The van der Waals surface area contributed by atoms with Gasteiger partial charge >= 0.3 is 0 Å². The SMILES string of the molecule is Cn1cc(-c2nc(Nc3cnn(Cc4ccc([N+](=O)[O-])cc4)c3)ncc2Cl)c2ccccc21. The molecule has 0 aliphatic carbocycles. The highest BCUT2D eigenvalue weighted by Gasteiger charge is 2.15. The molecule has 9 nitrogen and oxygen atoms in total. The zero-order valence-corrected chi connectivity index (χ0v) is 18.3. The summed E-state index contributed by atoms with van der Waals surface area (Å²) in [5, 5.41) is 19.8. The molecule has 0 radical (unpaired) electrons. The lowest BCUT2D eigenvalue weighted by atomic mass is 10.1. The Balaban J connectivity index is 1.37. The summed E-state index contributed by atoms with van der Waals surface area (Å²) in [4.78, 5) is 19.3. The van der Waals surface area contributed by atoms with Crippen LogP contribution in [0.2, 0.25) is 5.02 Å². The van der Waals surface area contributed by atoms with E-state index in [1.54, 1.807) is 29.2 Å². The highest BCUT2D eigenvalue weighted by Crippen LogP contribution is 2.33. The number of anilines is 2. The molecule has 0 amide bonds. The maximum absolute atomic E-state index is 10.8. The lowest BCUT2D eigenvalue weighted by Gasteiger charge is -2.06. The third-order valence-corrected chi connectivity index (χ3v) is 5.55. The van der Waals surface area contributed by atoms with Gasteiger partial charge in [-0.15, -0.1) is 0 Å². The Labute approximate surface area is 193 Å². The molecule has 33 heavy (non-hydrogen) atoms. The first-order valence-electron chi connectivity index (χ1n) is 10.1.